The van der Waals surface area contributed by atoms with Gasteiger partial charge in [-0.2, -0.15) is 13.2 Å². The zero-order valence-electron chi connectivity index (χ0n) is 17.1. The Morgan fingerprint density at radius 3 is 2.42 bits per heavy atom. The predicted molar refractivity (Wildman–Crippen MR) is 109 cm³/mol. The number of rotatable bonds is 4. The summed E-state index contributed by atoms with van der Waals surface area (Å²) in [6.07, 6.45) is 1.37. The fourth-order valence-electron chi connectivity index (χ4n) is 4.64. The Morgan fingerprint density at radius 2 is 1.76 bits per heavy atom. The van der Waals surface area contributed by atoms with Gasteiger partial charge in [0.25, 0.3) is 5.91 Å². The number of halogens is 4. The number of carbonyl (C=O) groups is 1. The maximum absolute atomic E-state index is 14.8. The zero-order valence-corrected chi connectivity index (χ0v) is 17.1. The van der Waals surface area contributed by atoms with E-state index >= 15 is 0 Å². The molecule has 2 bridgehead atoms. The van der Waals surface area contributed by atoms with Crippen LogP contribution in [0.1, 0.15) is 28.8 Å². The van der Waals surface area contributed by atoms with Gasteiger partial charge in [-0.25, -0.2) is 24.3 Å². The van der Waals surface area contributed by atoms with E-state index < -0.39 is 23.5 Å². The van der Waals surface area contributed by atoms with E-state index in [0.29, 0.717) is 24.9 Å². The highest BCUT2D eigenvalue weighted by Crippen LogP contribution is 2.40. The van der Waals surface area contributed by atoms with Crippen LogP contribution in [0.2, 0.25) is 0 Å². The molecule has 1 N–H and O–H groups in total. The van der Waals surface area contributed by atoms with Gasteiger partial charge in [-0.1, -0.05) is 12.1 Å². The van der Waals surface area contributed by atoms with Crippen molar-refractivity contribution in [1.29, 1.82) is 0 Å². The van der Waals surface area contributed by atoms with Crippen LogP contribution in [-0.4, -0.2) is 49.4 Å². The number of hydrogen-bond donors (Lipinski definition) is 1. The molecule has 170 valence electrons. The molecule has 1 aromatic carbocycles. The van der Waals surface area contributed by atoms with E-state index in [1.165, 1.54) is 24.5 Å². The number of benzene rings is 1. The number of anilines is 1. The molecule has 1 saturated carbocycles. The molecule has 7 nitrogen and oxygen atoms in total. The maximum Gasteiger partial charge on any atom is 0.419 e. The smallest absolute Gasteiger partial charge is 0.349 e. The van der Waals surface area contributed by atoms with Crippen LogP contribution in [0, 0.1) is 11.7 Å². The van der Waals surface area contributed by atoms with Crippen LogP contribution in [0.5, 0.6) is 0 Å². The number of aromatic nitrogens is 4. The van der Waals surface area contributed by atoms with E-state index in [9.17, 15) is 22.4 Å². The minimum atomic E-state index is -4.52. The molecular formula is C22H18F4N6O. The second kappa shape index (κ2) is 8.05. The number of hydrogen-bond acceptors (Lipinski definition) is 6. The average Bonchev–Trinajstić information content (AvgIpc) is 3.39. The molecule has 3 heterocycles. The third-order valence-electron chi connectivity index (χ3n) is 6.07. The Morgan fingerprint density at radius 1 is 1.03 bits per heavy atom. The highest BCUT2D eigenvalue weighted by molar-refractivity contribution is 6.00. The Hall–Kier alpha value is -3.63. The Balaban J connectivity index is 1.38. The summed E-state index contributed by atoms with van der Waals surface area (Å²) >= 11 is 0. The summed E-state index contributed by atoms with van der Waals surface area (Å²) in [5, 5.41) is 3.05. The molecule has 5 rings (SSSR count). The second-order valence-corrected chi connectivity index (χ2v) is 8.14. The van der Waals surface area contributed by atoms with E-state index in [4.69, 9.17) is 0 Å². The van der Waals surface area contributed by atoms with Crippen molar-refractivity contribution in [2.45, 2.75) is 31.1 Å². The Bertz CT molecular complexity index is 1170. The average molecular weight is 458 g/mol. The van der Waals surface area contributed by atoms with E-state index in [0.717, 1.165) is 12.4 Å². The topological polar surface area (TPSA) is 83.9 Å². The van der Waals surface area contributed by atoms with Gasteiger partial charge in [0.15, 0.2) is 5.82 Å². The fraction of sp³-hybridized carbons (Fsp3) is 0.318. The van der Waals surface area contributed by atoms with Gasteiger partial charge in [-0.15, -0.1) is 0 Å². The van der Waals surface area contributed by atoms with Crippen LogP contribution in [0.25, 0.3) is 11.4 Å². The number of alkyl halides is 3. The molecule has 3 aromatic rings. The summed E-state index contributed by atoms with van der Waals surface area (Å²) in [6, 6.07) is 5.43. The highest BCUT2D eigenvalue weighted by atomic mass is 19.4. The van der Waals surface area contributed by atoms with Crippen molar-refractivity contribution >= 4 is 11.9 Å². The largest absolute Gasteiger partial charge is 0.419 e. The highest BCUT2D eigenvalue weighted by Gasteiger charge is 2.48. The predicted octanol–water partition coefficient (Wildman–Crippen LogP) is 3.81. The Labute approximate surface area is 185 Å². The number of nitrogens with zero attached hydrogens (tertiary/aromatic N) is 5. The molecular weight excluding hydrogens is 440 g/mol. The molecule has 11 heteroatoms. The summed E-state index contributed by atoms with van der Waals surface area (Å²) in [4.78, 5) is 30.9. The van der Waals surface area contributed by atoms with Crippen molar-refractivity contribution < 1.29 is 22.4 Å². The first-order chi connectivity index (χ1) is 15.8. The first-order valence-electron chi connectivity index (χ1n) is 10.3. The molecule has 0 spiro atoms. The minimum absolute atomic E-state index is 0.0530. The molecule has 3 unspecified atom stereocenters. The summed E-state index contributed by atoms with van der Waals surface area (Å²) < 4.78 is 53.1. The van der Waals surface area contributed by atoms with Gasteiger partial charge in [0, 0.05) is 42.9 Å². The molecule has 0 radical (unpaired) electrons. The van der Waals surface area contributed by atoms with Gasteiger partial charge in [-0.05, 0) is 30.9 Å². The number of likely N-dealkylation sites (tertiary alicyclic amines) is 1. The van der Waals surface area contributed by atoms with Crippen LogP contribution >= 0.6 is 0 Å². The fourth-order valence-corrected chi connectivity index (χ4v) is 4.64. The Kier molecular flexibility index (Phi) is 5.18. The number of amides is 1. The van der Waals surface area contributed by atoms with Gasteiger partial charge in [0.1, 0.15) is 5.82 Å². The van der Waals surface area contributed by atoms with E-state index in [-0.39, 0.29) is 35.3 Å². The molecule has 2 fully saturated rings. The number of nitrogens with one attached hydrogen (secondary N) is 1. The third-order valence-corrected chi connectivity index (χ3v) is 6.07. The van der Waals surface area contributed by atoms with E-state index in [1.54, 1.807) is 17.0 Å². The molecule has 3 atom stereocenters. The van der Waals surface area contributed by atoms with Crippen molar-refractivity contribution in [2.75, 3.05) is 11.9 Å². The molecule has 1 aliphatic heterocycles. The third kappa shape index (κ3) is 3.98. The summed E-state index contributed by atoms with van der Waals surface area (Å²) in [5.74, 6) is -0.643. The van der Waals surface area contributed by atoms with Crippen LogP contribution in [0.3, 0.4) is 0 Å². The molecule has 2 aromatic heterocycles. The van der Waals surface area contributed by atoms with Gasteiger partial charge < -0.3 is 10.2 Å². The van der Waals surface area contributed by atoms with Gasteiger partial charge in [0.05, 0.1) is 17.2 Å². The second-order valence-electron chi connectivity index (χ2n) is 8.14. The number of piperidine rings is 1. The van der Waals surface area contributed by atoms with Crippen molar-refractivity contribution in [1.82, 2.24) is 24.8 Å². The minimum Gasteiger partial charge on any atom is -0.349 e. The quantitative estimate of drug-likeness (QED) is 0.599. The van der Waals surface area contributed by atoms with Crippen LogP contribution in [0.4, 0.5) is 23.5 Å². The van der Waals surface area contributed by atoms with E-state index in [1.807, 2.05) is 0 Å². The zero-order chi connectivity index (χ0) is 23.2. The first-order valence-corrected chi connectivity index (χ1v) is 10.3. The number of carbonyl (C=O) groups excluding carboxylic acids is 1. The summed E-state index contributed by atoms with van der Waals surface area (Å²) in [5.41, 5.74) is -0.729. The SMILES string of the molecule is O=C(c1c(F)cccc1-c1ncccn1)N1CC2CC(Nc3ncc(C(F)(F)F)cn3)C1C2. The lowest BCUT2D eigenvalue weighted by atomic mass is 10.0. The van der Waals surface area contributed by atoms with Crippen LogP contribution < -0.4 is 5.32 Å². The lowest BCUT2D eigenvalue weighted by Crippen LogP contribution is -2.48. The standard InChI is InChI=1S/C22H18F4N6O/c23-15-4-1-3-14(19-27-5-2-6-28-19)18(15)20(33)32-11-12-7-16(17(32)8-12)31-21-29-9-13(10-30-21)22(24,25)26/h1-6,9-10,12,16-17H,7-8,11H2,(H,29,30,31). The van der Waals surface area contributed by atoms with Gasteiger partial charge in [0.2, 0.25) is 5.95 Å². The molecule has 2 aliphatic rings. The van der Waals surface area contributed by atoms with E-state index in [2.05, 4.69) is 25.3 Å². The van der Waals surface area contributed by atoms with Crippen LogP contribution in [0.15, 0.2) is 49.1 Å². The summed E-state index contributed by atoms with van der Waals surface area (Å²) in [7, 11) is 0. The van der Waals surface area contributed by atoms with Crippen LogP contribution in [-0.2, 0) is 6.18 Å². The number of fused-ring (bicyclic) bond motifs is 2. The van der Waals surface area contributed by atoms with Gasteiger partial charge in [-0.3, -0.25) is 4.79 Å². The normalized spacial score (nSPS) is 21.9. The lowest BCUT2D eigenvalue weighted by molar-refractivity contribution is -0.138. The van der Waals surface area contributed by atoms with Crippen molar-refractivity contribution in [3.8, 4) is 11.4 Å². The lowest BCUT2D eigenvalue weighted by Gasteiger charge is -2.34. The van der Waals surface area contributed by atoms with Crippen molar-refractivity contribution in [2.24, 2.45) is 5.92 Å². The summed E-state index contributed by atoms with van der Waals surface area (Å²) in [6.45, 7) is 0.471. The van der Waals surface area contributed by atoms with Crippen molar-refractivity contribution in [3.63, 3.8) is 0 Å². The first kappa shape index (κ1) is 21.2. The molecule has 1 aliphatic carbocycles. The monoisotopic (exact) mass is 458 g/mol. The maximum atomic E-state index is 14.8. The molecule has 1 saturated heterocycles. The molecule has 1 amide bonds. The van der Waals surface area contributed by atoms with Crippen molar-refractivity contribution in [3.05, 3.63) is 66.0 Å². The molecule has 33 heavy (non-hydrogen) atoms. The van der Waals surface area contributed by atoms with Gasteiger partial charge >= 0.3 is 6.18 Å².